The van der Waals surface area contributed by atoms with Gasteiger partial charge in [-0.3, -0.25) is 9.48 Å². The van der Waals surface area contributed by atoms with E-state index < -0.39 is 0 Å². The van der Waals surface area contributed by atoms with Crippen molar-refractivity contribution < 1.29 is 5.21 Å². The molecule has 2 aromatic rings. The van der Waals surface area contributed by atoms with Gasteiger partial charge in [-0.15, -0.1) is 0 Å². The van der Waals surface area contributed by atoms with Gasteiger partial charge in [0, 0.05) is 24.0 Å². The molecule has 2 rings (SSSR count). The second-order valence-corrected chi connectivity index (χ2v) is 4.47. The van der Waals surface area contributed by atoms with Crippen LogP contribution in [0.2, 0.25) is 0 Å². The van der Waals surface area contributed by atoms with Gasteiger partial charge in [0.25, 0.3) is 5.56 Å². The summed E-state index contributed by atoms with van der Waals surface area (Å²) in [5.41, 5.74) is 7.12. The first kappa shape index (κ1) is 13.9. The van der Waals surface area contributed by atoms with Crippen LogP contribution < -0.4 is 11.3 Å². The number of nitrogens with two attached hydrogens (primary N) is 1. The lowest BCUT2D eigenvalue weighted by Crippen LogP contribution is -2.31. The van der Waals surface area contributed by atoms with Crippen LogP contribution in [-0.4, -0.2) is 25.4 Å². The monoisotopic (exact) mass is 275 g/mol. The Morgan fingerprint density at radius 1 is 1.50 bits per heavy atom. The maximum absolute atomic E-state index is 12.3. The molecule has 2 heterocycles. The highest BCUT2D eigenvalue weighted by atomic mass is 16.4. The number of amidine groups is 1. The first-order valence-corrected chi connectivity index (χ1v) is 6.26. The Hall–Kier alpha value is -2.57. The van der Waals surface area contributed by atoms with Crippen molar-refractivity contribution in [3.05, 3.63) is 51.7 Å². The lowest BCUT2D eigenvalue weighted by Gasteiger charge is -2.10. The predicted molar refractivity (Wildman–Crippen MR) is 75.0 cm³/mol. The number of rotatable bonds is 4. The summed E-state index contributed by atoms with van der Waals surface area (Å²) in [4.78, 5) is 12.3. The first-order valence-electron chi connectivity index (χ1n) is 6.26. The maximum Gasteiger partial charge on any atom is 0.262 e. The standard InChI is InChI=1S/C13H17N5O2/c1-3-17-7-10(6-15-17)8-18-9(2)4-5-11(13(18)19)12(14)16-20/h4-7,20H,3,8H2,1-2H3,(H2,14,16). The Balaban J connectivity index is 2.43. The van der Waals surface area contributed by atoms with Crippen LogP contribution in [0.25, 0.3) is 0 Å². The van der Waals surface area contributed by atoms with E-state index in [9.17, 15) is 4.79 Å². The molecular formula is C13H17N5O2. The summed E-state index contributed by atoms with van der Waals surface area (Å²) in [6.45, 7) is 5.00. The predicted octanol–water partition coefficient (Wildman–Crippen LogP) is 0.516. The van der Waals surface area contributed by atoms with Crippen LogP contribution in [0.4, 0.5) is 0 Å². The Bertz CT molecular complexity index is 699. The third kappa shape index (κ3) is 2.56. The highest BCUT2D eigenvalue weighted by Gasteiger charge is 2.11. The van der Waals surface area contributed by atoms with Crippen molar-refractivity contribution in [1.82, 2.24) is 14.3 Å². The molecule has 7 nitrogen and oxygen atoms in total. The van der Waals surface area contributed by atoms with Crippen LogP contribution in [0.1, 0.15) is 23.7 Å². The summed E-state index contributed by atoms with van der Waals surface area (Å²) >= 11 is 0. The van der Waals surface area contributed by atoms with E-state index in [2.05, 4.69) is 10.3 Å². The number of pyridine rings is 1. The molecule has 0 saturated carbocycles. The van der Waals surface area contributed by atoms with Crippen LogP contribution in [-0.2, 0) is 13.1 Å². The van der Waals surface area contributed by atoms with Gasteiger partial charge in [-0.25, -0.2) is 0 Å². The van der Waals surface area contributed by atoms with Crippen LogP contribution in [0.3, 0.4) is 0 Å². The molecule has 0 spiro atoms. The molecule has 0 aliphatic carbocycles. The number of aromatic nitrogens is 3. The maximum atomic E-state index is 12.3. The molecule has 7 heteroatoms. The molecule has 3 N–H and O–H groups in total. The van der Waals surface area contributed by atoms with Gasteiger partial charge >= 0.3 is 0 Å². The minimum atomic E-state index is -0.287. The number of aryl methyl sites for hydroxylation is 2. The molecule has 0 aliphatic rings. The van der Waals surface area contributed by atoms with Gasteiger partial charge in [0.15, 0.2) is 5.84 Å². The molecule has 0 radical (unpaired) electrons. The van der Waals surface area contributed by atoms with Crippen molar-refractivity contribution in [3.8, 4) is 0 Å². The normalized spacial score (nSPS) is 11.8. The summed E-state index contributed by atoms with van der Waals surface area (Å²) in [7, 11) is 0. The molecule has 0 unspecified atom stereocenters. The minimum Gasteiger partial charge on any atom is -0.409 e. The largest absolute Gasteiger partial charge is 0.409 e. The van der Waals surface area contributed by atoms with Gasteiger partial charge in [0.05, 0.1) is 18.3 Å². The molecular weight excluding hydrogens is 258 g/mol. The average Bonchev–Trinajstić information content (AvgIpc) is 2.90. The Morgan fingerprint density at radius 2 is 2.25 bits per heavy atom. The van der Waals surface area contributed by atoms with Crippen LogP contribution in [0, 0.1) is 6.92 Å². The molecule has 0 aromatic carbocycles. The van der Waals surface area contributed by atoms with E-state index in [0.717, 1.165) is 17.8 Å². The van der Waals surface area contributed by atoms with Gasteiger partial charge in [0.1, 0.15) is 0 Å². The number of hydrogen-bond donors (Lipinski definition) is 2. The average molecular weight is 275 g/mol. The van der Waals surface area contributed by atoms with Gasteiger partial charge in [0.2, 0.25) is 0 Å². The van der Waals surface area contributed by atoms with Crippen LogP contribution in [0.5, 0.6) is 0 Å². The molecule has 0 fully saturated rings. The van der Waals surface area contributed by atoms with E-state index in [1.807, 2.05) is 20.0 Å². The van der Waals surface area contributed by atoms with Gasteiger partial charge in [-0.05, 0) is 26.0 Å². The van der Waals surface area contributed by atoms with E-state index in [1.54, 1.807) is 27.6 Å². The van der Waals surface area contributed by atoms with Gasteiger partial charge in [-0.2, -0.15) is 5.10 Å². The molecule has 0 bridgehead atoms. The summed E-state index contributed by atoms with van der Waals surface area (Å²) in [6, 6.07) is 3.32. The highest BCUT2D eigenvalue weighted by Crippen LogP contribution is 2.04. The van der Waals surface area contributed by atoms with Crippen molar-refractivity contribution in [3.63, 3.8) is 0 Å². The van der Waals surface area contributed by atoms with E-state index in [0.29, 0.717) is 6.54 Å². The van der Waals surface area contributed by atoms with Crippen molar-refractivity contribution >= 4 is 5.84 Å². The highest BCUT2D eigenvalue weighted by molar-refractivity contribution is 5.96. The zero-order valence-electron chi connectivity index (χ0n) is 11.4. The fourth-order valence-electron chi connectivity index (χ4n) is 1.96. The Labute approximate surface area is 115 Å². The van der Waals surface area contributed by atoms with Crippen molar-refractivity contribution in [2.45, 2.75) is 26.9 Å². The first-order chi connectivity index (χ1) is 9.56. The van der Waals surface area contributed by atoms with Crippen molar-refractivity contribution in [2.75, 3.05) is 0 Å². The fraction of sp³-hybridized carbons (Fsp3) is 0.308. The van der Waals surface area contributed by atoms with Crippen molar-refractivity contribution in [2.24, 2.45) is 10.9 Å². The van der Waals surface area contributed by atoms with E-state index in [-0.39, 0.29) is 17.0 Å². The summed E-state index contributed by atoms with van der Waals surface area (Å²) in [6.07, 6.45) is 3.62. The fourth-order valence-corrected chi connectivity index (χ4v) is 1.96. The summed E-state index contributed by atoms with van der Waals surface area (Å²) < 4.78 is 3.37. The van der Waals surface area contributed by atoms with Crippen LogP contribution in [0.15, 0.2) is 34.5 Å². The van der Waals surface area contributed by atoms with Crippen molar-refractivity contribution in [1.29, 1.82) is 0 Å². The van der Waals surface area contributed by atoms with E-state index in [4.69, 9.17) is 10.9 Å². The molecule has 20 heavy (non-hydrogen) atoms. The molecule has 0 atom stereocenters. The van der Waals surface area contributed by atoms with Gasteiger partial charge in [-0.1, -0.05) is 5.16 Å². The lowest BCUT2D eigenvalue weighted by atomic mass is 10.2. The molecule has 2 aromatic heterocycles. The van der Waals surface area contributed by atoms with Gasteiger partial charge < -0.3 is 15.5 Å². The smallest absolute Gasteiger partial charge is 0.262 e. The summed E-state index contributed by atoms with van der Waals surface area (Å²) in [5.74, 6) is -0.187. The minimum absolute atomic E-state index is 0.181. The lowest BCUT2D eigenvalue weighted by molar-refractivity contribution is 0.318. The Morgan fingerprint density at radius 3 is 2.85 bits per heavy atom. The summed E-state index contributed by atoms with van der Waals surface area (Å²) in [5, 5.41) is 15.8. The number of hydrogen-bond acceptors (Lipinski definition) is 4. The number of nitrogens with zero attached hydrogens (tertiary/aromatic N) is 4. The zero-order chi connectivity index (χ0) is 14.7. The SMILES string of the molecule is CCn1cc(Cn2c(C)ccc(/C(N)=N/O)c2=O)cn1. The van der Waals surface area contributed by atoms with E-state index >= 15 is 0 Å². The quantitative estimate of drug-likeness (QED) is 0.368. The molecule has 0 saturated heterocycles. The second kappa shape index (κ2) is 5.60. The Kier molecular flexibility index (Phi) is 3.88. The third-order valence-electron chi connectivity index (χ3n) is 3.13. The second-order valence-electron chi connectivity index (χ2n) is 4.47. The molecule has 0 amide bonds. The molecule has 106 valence electrons. The van der Waals surface area contributed by atoms with Crippen LogP contribution >= 0.6 is 0 Å². The third-order valence-corrected chi connectivity index (χ3v) is 3.13. The zero-order valence-corrected chi connectivity index (χ0v) is 11.4. The van der Waals surface area contributed by atoms with E-state index in [1.165, 1.54) is 0 Å². The molecule has 0 aliphatic heterocycles. The number of oxime groups is 1. The topological polar surface area (TPSA) is 98.4 Å².